The minimum Gasteiger partial charge on any atom is -0.481 e. The van der Waals surface area contributed by atoms with Crippen LogP contribution in [0.25, 0.3) is 0 Å². The average Bonchev–Trinajstić information content (AvgIpc) is 3.25. The number of ether oxygens (including phenoxy) is 1. The molecule has 0 amide bonds. The summed E-state index contributed by atoms with van der Waals surface area (Å²) in [5, 5.41) is 13.8. The van der Waals surface area contributed by atoms with Crippen LogP contribution in [0.3, 0.4) is 0 Å². The molecule has 8 heteroatoms. The zero-order chi connectivity index (χ0) is 22.5. The number of carboxylic acid groups (broad SMARTS) is 1. The molecule has 3 heterocycles. The molecule has 32 heavy (non-hydrogen) atoms. The molecule has 1 aliphatic rings. The summed E-state index contributed by atoms with van der Waals surface area (Å²) in [6.07, 6.45) is 9.87. The molecule has 1 unspecified atom stereocenters. The highest BCUT2D eigenvalue weighted by atomic mass is 19.1. The fourth-order valence-corrected chi connectivity index (χ4v) is 4.32. The third kappa shape index (κ3) is 4.95. The van der Waals surface area contributed by atoms with Gasteiger partial charge in [0.15, 0.2) is 5.82 Å². The maximum absolute atomic E-state index is 14.2. The summed E-state index contributed by atoms with van der Waals surface area (Å²) in [5.41, 5.74) is 5.02. The Morgan fingerprint density at radius 2 is 2.09 bits per heavy atom. The third-order valence-electron chi connectivity index (χ3n) is 5.92. The van der Waals surface area contributed by atoms with Gasteiger partial charge >= 0.3 is 5.97 Å². The van der Waals surface area contributed by atoms with Crippen LogP contribution in [0.4, 0.5) is 4.39 Å². The molecular formula is C24H27FN4O3. The van der Waals surface area contributed by atoms with Crippen molar-refractivity contribution in [1.29, 1.82) is 0 Å². The molecule has 0 fully saturated rings. The second kappa shape index (κ2) is 9.89. The maximum atomic E-state index is 14.2. The Hall–Kier alpha value is -3.29. The van der Waals surface area contributed by atoms with Gasteiger partial charge in [-0.1, -0.05) is 6.07 Å². The van der Waals surface area contributed by atoms with Crippen molar-refractivity contribution < 1.29 is 19.0 Å². The molecule has 0 saturated carbocycles. The van der Waals surface area contributed by atoms with Crippen molar-refractivity contribution in [3.05, 3.63) is 70.7 Å². The van der Waals surface area contributed by atoms with E-state index in [1.807, 2.05) is 6.07 Å². The van der Waals surface area contributed by atoms with Gasteiger partial charge in [-0.3, -0.25) is 14.5 Å². The lowest BCUT2D eigenvalue weighted by molar-refractivity contribution is -0.137. The Bertz CT molecular complexity index is 1100. The highest BCUT2D eigenvalue weighted by molar-refractivity contribution is 5.68. The topological polar surface area (TPSA) is 90.1 Å². The molecule has 3 aromatic heterocycles. The first-order valence-corrected chi connectivity index (χ1v) is 11.0. The fraction of sp³-hybridized carbons (Fsp3) is 0.417. The van der Waals surface area contributed by atoms with E-state index < -0.39 is 17.8 Å². The molecule has 0 radical (unpaired) electrons. The summed E-state index contributed by atoms with van der Waals surface area (Å²) in [5.74, 6) is -1.75. The van der Waals surface area contributed by atoms with E-state index in [2.05, 4.69) is 22.2 Å². The third-order valence-corrected chi connectivity index (χ3v) is 5.92. The van der Waals surface area contributed by atoms with Crippen LogP contribution in [-0.2, 0) is 30.5 Å². The van der Waals surface area contributed by atoms with Gasteiger partial charge in [0, 0.05) is 29.5 Å². The fourth-order valence-electron chi connectivity index (χ4n) is 4.32. The van der Waals surface area contributed by atoms with Crippen molar-refractivity contribution in [2.75, 3.05) is 7.11 Å². The number of carboxylic acids is 1. The Morgan fingerprint density at radius 3 is 2.88 bits per heavy atom. The Kier molecular flexibility index (Phi) is 6.78. The number of aliphatic carboxylic acids is 1. The Morgan fingerprint density at radius 1 is 1.25 bits per heavy atom. The van der Waals surface area contributed by atoms with Gasteiger partial charge < -0.3 is 9.84 Å². The van der Waals surface area contributed by atoms with Crippen LogP contribution < -0.4 is 4.74 Å². The molecule has 0 aromatic carbocycles. The lowest BCUT2D eigenvalue weighted by atomic mass is 9.95. The Balaban J connectivity index is 1.49. The molecular weight excluding hydrogens is 411 g/mol. The van der Waals surface area contributed by atoms with Crippen molar-refractivity contribution in [1.82, 2.24) is 19.7 Å². The predicted octanol–water partition coefficient (Wildman–Crippen LogP) is 3.94. The van der Waals surface area contributed by atoms with Gasteiger partial charge in [-0.05, 0) is 74.3 Å². The molecule has 7 nitrogen and oxygen atoms in total. The molecule has 3 aromatic rings. The lowest BCUT2D eigenvalue weighted by Gasteiger charge is -2.19. The highest BCUT2D eigenvalue weighted by Gasteiger charge is 2.23. The number of hydrogen-bond donors (Lipinski definition) is 1. The number of methoxy groups -OCH3 is 1. The largest absolute Gasteiger partial charge is 0.481 e. The summed E-state index contributed by atoms with van der Waals surface area (Å²) >= 11 is 0. The summed E-state index contributed by atoms with van der Waals surface area (Å²) in [6.45, 7) is 0. The van der Waals surface area contributed by atoms with Crippen LogP contribution in [0.5, 0.6) is 5.88 Å². The molecule has 0 saturated heterocycles. The van der Waals surface area contributed by atoms with Gasteiger partial charge in [-0.25, -0.2) is 9.37 Å². The summed E-state index contributed by atoms with van der Waals surface area (Å²) in [4.78, 5) is 20.3. The smallest absolute Gasteiger partial charge is 0.305 e. The number of aryl methyl sites for hydroxylation is 4. The summed E-state index contributed by atoms with van der Waals surface area (Å²) in [7, 11) is 1.34. The first-order chi connectivity index (χ1) is 15.5. The molecule has 0 spiro atoms. The SMILES string of the molecule is COc1ncc(C(CC(=O)O)n2nccc2CCCc2ccc3c(n2)CCCC3)cc1F. The van der Waals surface area contributed by atoms with Crippen molar-refractivity contribution in [2.24, 2.45) is 0 Å². The first kappa shape index (κ1) is 21.9. The molecule has 0 bridgehead atoms. The van der Waals surface area contributed by atoms with E-state index in [4.69, 9.17) is 9.72 Å². The number of pyridine rings is 2. The summed E-state index contributed by atoms with van der Waals surface area (Å²) in [6, 6.07) is 6.80. The van der Waals surface area contributed by atoms with Crippen LogP contribution in [-0.4, -0.2) is 37.9 Å². The summed E-state index contributed by atoms with van der Waals surface area (Å²) < 4.78 is 20.8. The van der Waals surface area contributed by atoms with Gasteiger partial charge in [-0.15, -0.1) is 0 Å². The minimum atomic E-state index is -0.995. The second-order valence-electron chi connectivity index (χ2n) is 8.11. The van der Waals surface area contributed by atoms with Crippen LogP contribution >= 0.6 is 0 Å². The van der Waals surface area contributed by atoms with Crippen LogP contribution in [0, 0.1) is 5.82 Å². The number of nitrogens with zero attached hydrogens (tertiary/aromatic N) is 4. The van der Waals surface area contributed by atoms with E-state index in [1.54, 1.807) is 10.9 Å². The van der Waals surface area contributed by atoms with E-state index in [1.165, 1.54) is 43.5 Å². The normalized spacial score (nSPS) is 14.1. The number of aromatic nitrogens is 4. The Labute approximate surface area is 186 Å². The molecule has 168 valence electrons. The quantitative estimate of drug-likeness (QED) is 0.544. The molecule has 1 N–H and O–H groups in total. The van der Waals surface area contributed by atoms with Crippen molar-refractivity contribution in [2.45, 2.75) is 57.4 Å². The molecule has 4 rings (SSSR count). The number of rotatable bonds is 9. The number of fused-ring (bicyclic) bond motifs is 1. The number of halogens is 1. The first-order valence-electron chi connectivity index (χ1n) is 11.0. The van der Waals surface area contributed by atoms with E-state index in [9.17, 15) is 14.3 Å². The molecule has 1 aliphatic carbocycles. The van der Waals surface area contributed by atoms with Gasteiger partial charge in [0.25, 0.3) is 0 Å². The second-order valence-corrected chi connectivity index (χ2v) is 8.11. The van der Waals surface area contributed by atoms with Crippen LogP contribution in [0.2, 0.25) is 0 Å². The van der Waals surface area contributed by atoms with Crippen molar-refractivity contribution >= 4 is 5.97 Å². The van der Waals surface area contributed by atoms with E-state index in [-0.39, 0.29) is 12.3 Å². The zero-order valence-corrected chi connectivity index (χ0v) is 18.1. The van der Waals surface area contributed by atoms with Gasteiger partial charge in [0.05, 0.1) is 19.6 Å². The van der Waals surface area contributed by atoms with Crippen molar-refractivity contribution in [3.8, 4) is 5.88 Å². The number of hydrogen-bond acceptors (Lipinski definition) is 5. The highest BCUT2D eigenvalue weighted by Crippen LogP contribution is 2.27. The predicted molar refractivity (Wildman–Crippen MR) is 116 cm³/mol. The average molecular weight is 439 g/mol. The molecule has 1 atom stereocenters. The van der Waals surface area contributed by atoms with E-state index >= 15 is 0 Å². The van der Waals surface area contributed by atoms with E-state index in [0.29, 0.717) is 12.0 Å². The monoisotopic (exact) mass is 438 g/mol. The van der Waals surface area contributed by atoms with Crippen LogP contribution in [0.1, 0.15) is 59.9 Å². The molecule has 0 aliphatic heterocycles. The number of carbonyl (C=O) groups is 1. The van der Waals surface area contributed by atoms with Crippen molar-refractivity contribution in [3.63, 3.8) is 0 Å². The lowest BCUT2D eigenvalue weighted by Crippen LogP contribution is -2.19. The maximum Gasteiger partial charge on any atom is 0.305 e. The van der Waals surface area contributed by atoms with Gasteiger partial charge in [0.1, 0.15) is 0 Å². The van der Waals surface area contributed by atoms with Crippen LogP contribution in [0.15, 0.2) is 36.7 Å². The minimum absolute atomic E-state index is 0.124. The van der Waals surface area contributed by atoms with E-state index in [0.717, 1.165) is 37.1 Å². The van der Waals surface area contributed by atoms with Gasteiger partial charge in [0.2, 0.25) is 5.88 Å². The zero-order valence-electron chi connectivity index (χ0n) is 18.1. The standard InChI is InChI=1S/C24H27FN4O3/c1-32-24-20(25)13-17(15-26-24)22(14-23(30)31)29-19(11-12-27-29)7-4-6-18-10-9-16-5-2-3-8-21(16)28-18/h9-13,15,22H,2-8,14H2,1H3,(H,30,31). The van der Waals surface area contributed by atoms with Gasteiger partial charge in [-0.2, -0.15) is 5.10 Å².